The molecule has 1 saturated heterocycles. The lowest BCUT2D eigenvalue weighted by atomic mass is 10.1. The van der Waals surface area contributed by atoms with Gasteiger partial charge in [0.05, 0.1) is 6.26 Å². The van der Waals surface area contributed by atoms with Crippen LogP contribution in [0.4, 0.5) is 11.9 Å². The highest BCUT2D eigenvalue weighted by molar-refractivity contribution is 5.52. The summed E-state index contributed by atoms with van der Waals surface area (Å²) in [5, 5.41) is 7.52. The van der Waals surface area contributed by atoms with Crippen LogP contribution in [0.3, 0.4) is 0 Å². The van der Waals surface area contributed by atoms with Crippen molar-refractivity contribution in [2.45, 2.75) is 12.8 Å². The number of rotatable bonds is 9. The quantitative estimate of drug-likeness (QED) is 0.370. The number of hydrogen-bond donors (Lipinski definition) is 2. The van der Waals surface area contributed by atoms with Gasteiger partial charge in [0.15, 0.2) is 5.76 Å². The second-order valence-corrected chi connectivity index (χ2v) is 8.70. The summed E-state index contributed by atoms with van der Waals surface area (Å²) < 4.78 is 12.7. The Morgan fingerprint density at radius 2 is 1.94 bits per heavy atom. The Morgan fingerprint density at radius 1 is 1.06 bits per heavy atom. The highest BCUT2D eigenvalue weighted by atomic mass is 16.5. The zero-order chi connectivity index (χ0) is 24.0. The first-order chi connectivity index (χ1) is 17.1. The molecule has 0 atom stereocenters. The van der Waals surface area contributed by atoms with Gasteiger partial charge in [-0.2, -0.15) is 19.5 Å². The van der Waals surface area contributed by atoms with E-state index in [2.05, 4.69) is 54.3 Å². The third-order valence-electron chi connectivity index (χ3n) is 6.08. The Hall–Kier alpha value is -3.70. The molecule has 11 heteroatoms. The Bertz CT molecular complexity index is 1220. The fraction of sp³-hybridized carbons (Fsp3) is 0.417. The van der Waals surface area contributed by atoms with Gasteiger partial charge in [0, 0.05) is 26.2 Å². The first-order valence-electron chi connectivity index (χ1n) is 11.9. The molecule has 5 rings (SSSR count). The highest BCUT2D eigenvalue weighted by Crippen LogP contribution is 2.18. The standard InChI is InChI=1S/C24H31N9O2/c1-31-11-3-12-32(14-13-31)15-17-34-19-7-5-18(6-8-19)9-10-26-23-28-22(25)33-24(29-23)27-21(30-33)20-4-2-16-35-20/h2,4-8,16H,3,9-15,17H2,1H3,(H3,25,26,27,28,29,30). The van der Waals surface area contributed by atoms with Gasteiger partial charge in [-0.25, -0.2) is 0 Å². The molecular weight excluding hydrogens is 446 g/mol. The third-order valence-corrected chi connectivity index (χ3v) is 6.08. The van der Waals surface area contributed by atoms with E-state index in [-0.39, 0.29) is 5.95 Å². The molecule has 0 aliphatic carbocycles. The van der Waals surface area contributed by atoms with Gasteiger partial charge < -0.3 is 25.1 Å². The fourth-order valence-corrected chi connectivity index (χ4v) is 4.08. The van der Waals surface area contributed by atoms with E-state index in [1.807, 2.05) is 12.1 Å². The number of nitrogen functional groups attached to an aromatic ring is 1. The maximum atomic E-state index is 6.04. The van der Waals surface area contributed by atoms with Crippen molar-refractivity contribution in [1.82, 2.24) is 34.4 Å². The van der Waals surface area contributed by atoms with Gasteiger partial charge in [0.2, 0.25) is 17.7 Å². The van der Waals surface area contributed by atoms with Crippen molar-refractivity contribution < 1.29 is 9.15 Å². The minimum absolute atomic E-state index is 0.205. The van der Waals surface area contributed by atoms with Crippen LogP contribution < -0.4 is 15.8 Å². The molecule has 0 amide bonds. The molecule has 4 aromatic rings. The van der Waals surface area contributed by atoms with Crippen LogP contribution in [-0.4, -0.2) is 87.3 Å². The van der Waals surface area contributed by atoms with Crippen LogP contribution in [0.1, 0.15) is 12.0 Å². The van der Waals surface area contributed by atoms with Crippen molar-refractivity contribution in [1.29, 1.82) is 0 Å². The van der Waals surface area contributed by atoms with E-state index in [1.165, 1.54) is 23.0 Å². The van der Waals surface area contributed by atoms with E-state index < -0.39 is 0 Å². The summed E-state index contributed by atoms with van der Waals surface area (Å²) in [6.07, 6.45) is 3.59. The van der Waals surface area contributed by atoms with Crippen LogP contribution in [0.15, 0.2) is 47.1 Å². The number of anilines is 2. The Morgan fingerprint density at radius 3 is 2.77 bits per heavy atom. The minimum atomic E-state index is 0.205. The largest absolute Gasteiger partial charge is 0.492 e. The lowest BCUT2D eigenvalue weighted by Crippen LogP contribution is -2.32. The number of hydrogen-bond acceptors (Lipinski definition) is 10. The predicted molar refractivity (Wildman–Crippen MR) is 133 cm³/mol. The highest BCUT2D eigenvalue weighted by Gasteiger charge is 2.14. The molecule has 11 nitrogen and oxygen atoms in total. The molecule has 184 valence electrons. The SMILES string of the molecule is CN1CCCN(CCOc2ccc(CCNc3nc(N)n4nc(-c5ccco5)nc4n3)cc2)CC1. The Labute approximate surface area is 203 Å². The second-order valence-electron chi connectivity index (χ2n) is 8.70. The summed E-state index contributed by atoms with van der Waals surface area (Å²) in [5.74, 6) is 2.83. The van der Waals surface area contributed by atoms with E-state index >= 15 is 0 Å². The van der Waals surface area contributed by atoms with Crippen LogP contribution in [0.25, 0.3) is 17.4 Å². The van der Waals surface area contributed by atoms with Gasteiger partial charge in [-0.15, -0.1) is 5.10 Å². The van der Waals surface area contributed by atoms with E-state index in [9.17, 15) is 0 Å². The molecular formula is C24H31N9O2. The first kappa shape index (κ1) is 23.1. The van der Waals surface area contributed by atoms with Crippen molar-refractivity contribution in [2.24, 2.45) is 0 Å². The zero-order valence-corrected chi connectivity index (χ0v) is 19.9. The summed E-state index contributed by atoms with van der Waals surface area (Å²) in [4.78, 5) is 17.9. The number of nitrogens with two attached hydrogens (primary N) is 1. The summed E-state index contributed by atoms with van der Waals surface area (Å²) >= 11 is 0. The molecule has 1 aromatic carbocycles. The first-order valence-corrected chi connectivity index (χ1v) is 11.9. The maximum Gasteiger partial charge on any atom is 0.259 e. The average molecular weight is 478 g/mol. The van der Waals surface area contributed by atoms with Gasteiger partial charge in [-0.05, 0) is 62.8 Å². The number of aromatic nitrogens is 5. The van der Waals surface area contributed by atoms with Crippen molar-refractivity contribution in [3.05, 3.63) is 48.2 Å². The molecule has 1 aliphatic heterocycles. The Kier molecular flexibility index (Phi) is 7.05. The molecule has 3 aromatic heterocycles. The Balaban J connectivity index is 1.09. The number of nitrogens with zero attached hydrogens (tertiary/aromatic N) is 7. The van der Waals surface area contributed by atoms with E-state index in [0.29, 0.717) is 36.5 Å². The molecule has 0 bridgehead atoms. The molecule has 0 spiro atoms. The fourth-order valence-electron chi connectivity index (χ4n) is 4.08. The van der Waals surface area contributed by atoms with Crippen LogP contribution in [-0.2, 0) is 6.42 Å². The second kappa shape index (κ2) is 10.7. The van der Waals surface area contributed by atoms with Gasteiger partial charge in [-0.3, -0.25) is 4.90 Å². The summed E-state index contributed by atoms with van der Waals surface area (Å²) in [6.45, 7) is 6.87. The summed E-state index contributed by atoms with van der Waals surface area (Å²) in [6, 6.07) is 11.8. The van der Waals surface area contributed by atoms with Crippen molar-refractivity contribution >= 4 is 17.7 Å². The molecule has 35 heavy (non-hydrogen) atoms. The van der Waals surface area contributed by atoms with E-state index in [0.717, 1.165) is 38.3 Å². The maximum absolute atomic E-state index is 6.04. The number of benzene rings is 1. The van der Waals surface area contributed by atoms with Crippen LogP contribution >= 0.6 is 0 Å². The van der Waals surface area contributed by atoms with Gasteiger partial charge >= 0.3 is 0 Å². The van der Waals surface area contributed by atoms with Crippen molar-refractivity contribution in [3.63, 3.8) is 0 Å². The van der Waals surface area contributed by atoms with Crippen LogP contribution in [0.2, 0.25) is 0 Å². The molecule has 4 heterocycles. The molecule has 1 aliphatic rings. The number of nitrogens with one attached hydrogen (secondary N) is 1. The van der Waals surface area contributed by atoms with E-state index in [1.54, 1.807) is 18.4 Å². The molecule has 0 radical (unpaired) electrons. The van der Waals surface area contributed by atoms with Crippen LogP contribution in [0.5, 0.6) is 5.75 Å². The van der Waals surface area contributed by atoms with Gasteiger partial charge in [0.25, 0.3) is 5.78 Å². The van der Waals surface area contributed by atoms with Gasteiger partial charge in [0.1, 0.15) is 12.4 Å². The zero-order valence-electron chi connectivity index (χ0n) is 19.9. The monoisotopic (exact) mass is 477 g/mol. The number of furan rings is 1. The average Bonchev–Trinajstić information content (AvgIpc) is 3.49. The molecule has 1 fully saturated rings. The lowest BCUT2D eigenvalue weighted by molar-refractivity contribution is 0.212. The predicted octanol–water partition coefficient (Wildman–Crippen LogP) is 2.03. The topological polar surface area (TPSA) is 123 Å². The normalized spacial score (nSPS) is 15.3. The van der Waals surface area contributed by atoms with E-state index in [4.69, 9.17) is 14.9 Å². The third kappa shape index (κ3) is 5.87. The number of ether oxygens (including phenoxy) is 1. The molecule has 0 unspecified atom stereocenters. The minimum Gasteiger partial charge on any atom is -0.492 e. The molecule has 3 N–H and O–H groups in total. The lowest BCUT2D eigenvalue weighted by Gasteiger charge is -2.20. The van der Waals surface area contributed by atoms with Crippen molar-refractivity contribution in [3.8, 4) is 17.3 Å². The van der Waals surface area contributed by atoms with Gasteiger partial charge in [-0.1, -0.05) is 12.1 Å². The smallest absolute Gasteiger partial charge is 0.259 e. The number of likely N-dealkylation sites (N-methyl/N-ethyl adjacent to an activating group) is 1. The van der Waals surface area contributed by atoms with Crippen LogP contribution in [0, 0.1) is 0 Å². The summed E-state index contributed by atoms with van der Waals surface area (Å²) in [7, 11) is 2.19. The molecule has 0 saturated carbocycles. The summed E-state index contributed by atoms with van der Waals surface area (Å²) in [5.41, 5.74) is 7.24. The van der Waals surface area contributed by atoms with Crippen molar-refractivity contribution in [2.75, 3.05) is 64.0 Å². The number of fused-ring (bicyclic) bond motifs is 1.